The molecule has 0 saturated heterocycles. The van der Waals surface area contributed by atoms with Crippen molar-refractivity contribution in [3.63, 3.8) is 0 Å². The summed E-state index contributed by atoms with van der Waals surface area (Å²) in [5.41, 5.74) is 4.58. The first-order valence-corrected chi connectivity index (χ1v) is 7.06. The van der Waals surface area contributed by atoms with Crippen LogP contribution in [-0.4, -0.2) is 0 Å². The summed E-state index contributed by atoms with van der Waals surface area (Å²) in [5, 5.41) is 3.46. The minimum atomic E-state index is 1.10. The van der Waals surface area contributed by atoms with Crippen molar-refractivity contribution >= 4 is 23.5 Å². The zero-order valence-corrected chi connectivity index (χ0v) is 11.7. The van der Waals surface area contributed by atoms with Gasteiger partial charge in [0.05, 0.1) is 0 Å². The Labute approximate surface area is 125 Å². The molecule has 0 aliphatic rings. The van der Waals surface area contributed by atoms with Crippen LogP contribution in [0.4, 0.5) is 11.4 Å². The lowest BCUT2D eigenvalue weighted by molar-refractivity contribution is 1.53. The molecule has 1 heteroatoms. The van der Waals surface area contributed by atoms with Crippen molar-refractivity contribution in [1.29, 1.82) is 0 Å². The fourth-order valence-corrected chi connectivity index (χ4v) is 2.18. The maximum atomic E-state index is 3.46. The van der Waals surface area contributed by atoms with E-state index in [1.54, 1.807) is 0 Å². The molecule has 0 spiro atoms. The first-order chi connectivity index (χ1) is 10.4. The molecule has 21 heavy (non-hydrogen) atoms. The van der Waals surface area contributed by atoms with Gasteiger partial charge in [-0.15, -0.1) is 0 Å². The number of benzene rings is 3. The van der Waals surface area contributed by atoms with E-state index in [4.69, 9.17) is 0 Å². The SMILES string of the molecule is C(=C\c1ccccc1Nc1ccccc1)/c1ccccc1. The highest BCUT2D eigenvalue weighted by atomic mass is 14.9. The molecule has 0 bridgehead atoms. The predicted octanol–water partition coefficient (Wildman–Crippen LogP) is 5.60. The van der Waals surface area contributed by atoms with Crippen LogP contribution >= 0.6 is 0 Å². The van der Waals surface area contributed by atoms with Crippen molar-refractivity contribution in [3.8, 4) is 0 Å². The van der Waals surface area contributed by atoms with Gasteiger partial charge in [0.2, 0.25) is 0 Å². The minimum Gasteiger partial charge on any atom is -0.355 e. The van der Waals surface area contributed by atoms with Crippen LogP contribution in [0.2, 0.25) is 0 Å². The molecule has 0 aliphatic heterocycles. The monoisotopic (exact) mass is 271 g/mol. The Bertz CT molecular complexity index is 715. The number of anilines is 2. The van der Waals surface area contributed by atoms with E-state index in [9.17, 15) is 0 Å². The molecule has 0 aromatic heterocycles. The van der Waals surface area contributed by atoms with Gasteiger partial charge in [-0.1, -0.05) is 78.9 Å². The summed E-state index contributed by atoms with van der Waals surface area (Å²) in [4.78, 5) is 0. The minimum absolute atomic E-state index is 1.10. The van der Waals surface area contributed by atoms with E-state index in [1.807, 2.05) is 42.5 Å². The number of rotatable bonds is 4. The molecular formula is C20H17N. The van der Waals surface area contributed by atoms with Gasteiger partial charge in [0.15, 0.2) is 0 Å². The molecule has 0 unspecified atom stereocenters. The lowest BCUT2D eigenvalue weighted by Crippen LogP contribution is -1.92. The van der Waals surface area contributed by atoms with Crippen LogP contribution in [0.15, 0.2) is 84.9 Å². The van der Waals surface area contributed by atoms with E-state index in [2.05, 4.69) is 59.9 Å². The largest absolute Gasteiger partial charge is 0.355 e. The Kier molecular flexibility index (Phi) is 4.13. The van der Waals surface area contributed by atoms with E-state index >= 15 is 0 Å². The lowest BCUT2D eigenvalue weighted by atomic mass is 10.1. The predicted molar refractivity (Wildman–Crippen MR) is 91.5 cm³/mol. The van der Waals surface area contributed by atoms with Crippen molar-refractivity contribution in [1.82, 2.24) is 0 Å². The summed E-state index contributed by atoms with van der Waals surface area (Å²) in [5.74, 6) is 0. The topological polar surface area (TPSA) is 12.0 Å². The molecule has 3 rings (SSSR count). The van der Waals surface area contributed by atoms with Gasteiger partial charge in [0.25, 0.3) is 0 Å². The molecule has 102 valence electrons. The standard InChI is InChI=1S/C20H17N/c1-3-9-17(10-4-1)15-16-18-11-7-8-14-20(18)21-19-12-5-2-6-13-19/h1-16,21H/b16-15+. The smallest absolute Gasteiger partial charge is 0.0457 e. The van der Waals surface area contributed by atoms with Crippen LogP contribution in [0.5, 0.6) is 0 Å². The van der Waals surface area contributed by atoms with Crippen molar-refractivity contribution in [2.75, 3.05) is 5.32 Å². The Morgan fingerprint density at radius 2 is 1.19 bits per heavy atom. The number of para-hydroxylation sites is 2. The average molecular weight is 271 g/mol. The van der Waals surface area contributed by atoms with Crippen LogP contribution in [0.25, 0.3) is 12.2 Å². The van der Waals surface area contributed by atoms with Crippen LogP contribution in [0.3, 0.4) is 0 Å². The van der Waals surface area contributed by atoms with Gasteiger partial charge in [-0.2, -0.15) is 0 Å². The van der Waals surface area contributed by atoms with E-state index < -0.39 is 0 Å². The highest BCUT2D eigenvalue weighted by Crippen LogP contribution is 2.22. The van der Waals surface area contributed by atoms with Crippen molar-refractivity contribution in [2.45, 2.75) is 0 Å². The molecule has 0 amide bonds. The van der Waals surface area contributed by atoms with Gasteiger partial charge in [-0.25, -0.2) is 0 Å². The molecule has 0 atom stereocenters. The van der Waals surface area contributed by atoms with Gasteiger partial charge in [0, 0.05) is 11.4 Å². The fourth-order valence-electron chi connectivity index (χ4n) is 2.18. The fraction of sp³-hybridized carbons (Fsp3) is 0. The number of hydrogen-bond donors (Lipinski definition) is 1. The maximum absolute atomic E-state index is 3.46. The summed E-state index contributed by atoms with van der Waals surface area (Å²) >= 11 is 0. The number of nitrogens with one attached hydrogen (secondary N) is 1. The summed E-state index contributed by atoms with van der Waals surface area (Å²) in [6.07, 6.45) is 4.27. The summed E-state index contributed by atoms with van der Waals surface area (Å²) in [6.45, 7) is 0. The number of hydrogen-bond acceptors (Lipinski definition) is 1. The van der Waals surface area contributed by atoms with Crippen molar-refractivity contribution in [3.05, 3.63) is 96.1 Å². The van der Waals surface area contributed by atoms with E-state index in [0.29, 0.717) is 0 Å². The molecule has 0 heterocycles. The van der Waals surface area contributed by atoms with Crippen LogP contribution in [0.1, 0.15) is 11.1 Å². The lowest BCUT2D eigenvalue weighted by Gasteiger charge is -2.09. The molecular weight excluding hydrogens is 254 g/mol. The van der Waals surface area contributed by atoms with Crippen molar-refractivity contribution < 1.29 is 0 Å². The quantitative estimate of drug-likeness (QED) is 0.609. The average Bonchev–Trinajstić information content (AvgIpc) is 2.56. The van der Waals surface area contributed by atoms with Gasteiger partial charge >= 0.3 is 0 Å². The molecule has 0 fully saturated rings. The highest BCUT2D eigenvalue weighted by Gasteiger charge is 1.98. The Morgan fingerprint density at radius 3 is 1.95 bits per heavy atom. The molecule has 1 nitrogen and oxygen atoms in total. The van der Waals surface area contributed by atoms with Crippen LogP contribution in [-0.2, 0) is 0 Å². The summed E-state index contributed by atoms with van der Waals surface area (Å²) in [7, 11) is 0. The van der Waals surface area contributed by atoms with Gasteiger partial charge in [-0.05, 0) is 29.3 Å². The van der Waals surface area contributed by atoms with Gasteiger partial charge in [-0.3, -0.25) is 0 Å². The van der Waals surface area contributed by atoms with Gasteiger partial charge < -0.3 is 5.32 Å². The van der Waals surface area contributed by atoms with Crippen LogP contribution < -0.4 is 5.32 Å². The Balaban J connectivity index is 1.84. The van der Waals surface area contributed by atoms with E-state index in [1.165, 1.54) is 11.1 Å². The maximum Gasteiger partial charge on any atom is 0.0457 e. The molecule has 0 saturated carbocycles. The second-order valence-corrected chi connectivity index (χ2v) is 4.82. The molecule has 0 radical (unpaired) electrons. The molecule has 1 N–H and O–H groups in total. The Hall–Kier alpha value is -2.80. The zero-order valence-electron chi connectivity index (χ0n) is 11.7. The summed E-state index contributed by atoms with van der Waals surface area (Å²) < 4.78 is 0. The van der Waals surface area contributed by atoms with Gasteiger partial charge in [0.1, 0.15) is 0 Å². The highest BCUT2D eigenvalue weighted by molar-refractivity contribution is 5.78. The van der Waals surface area contributed by atoms with E-state index in [-0.39, 0.29) is 0 Å². The third-order valence-corrected chi connectivity index (χ3v) is 3.27. The second kappa shape index (κ2) is 6.58. The first-order valence-electron chi connectivity index (χ1n) is 7.06. The van der Waals surface area contributed by atoms with Crippen LogP contribution in [0, 0.1) is 0 Å². The molecule has 3 aromatic carbocycles. The molecule has 0 aliphatic carbocycles. The zero-order chi connectivity index (χ0) is 14.3. The summed E-state index contributed by atoms with van der Waals surface area (Å²) in [6, 6.07) is 28.9. The van der Waals surface area contributed by atoms with E-state index in [0.717, 1.165) is 11.4 Å². The normalized spacial score (nSPS) is 10.7. The Morgan fingerprint density at radius 1 is 0.571 bits per heavy atom. The first kappa shape index (κ1) is 13.2. The van der Waals surface area contributed by atoms with Crippen molar-refractivity contribution in [2.24, 2.45) is 0 Å². The third kappa shape index (κ3) is 3.61. The molecule has 3 aromatic rings. The third-order valence-electron chi connectivity index (χ3n) is 3.27. The second-order valence-electron chi connectivity index (χ2n) is 4.82.